The minimum Gasteiger partial charge on any atom is -0.468 e. The van der Waals surface area contributed by atoms with E-state index in [9.17, 15) is 14.4 Å². The van der Waals surface area contributed by atoms with E-state index < -0.39 is 23.8 Å². The first-order valence-corrected chi connectivity index (χ1v) is 12.1. The monoisotopic (exact) mass is 514 g/mol. The molecule has 12 heteroatoms. The van der Waals surface area contributed by atoms with E-state index in [0.717, 1.165) is 26.8 Å². The van der Waals surface area contributed by atoms with E-state index in [4.69, 9.17) is 4.74 Å². The minimum absolute atomic E-state index is 0.269. The molecule has 0 spiro atoms. The molecular weight excluding hydrogens is 488 g/mol. The summed E-state index contributed by atoms with van der Waals surface area (Å²) in [7, 11) is 1.22. The second kappa shape index (κ2) is 10.2. The van der Waals surface area contributed by atoms with E-state index in [1.165, 1.54) is 11.7 Å². The first kappa shape index (κ1) is 24.8. The third kappa shape index (κ3) is 4.40. The van der Waals surface area contributed by atoms with Crippen LogP contribution in [0.4, 0.5) is 0 Å². The summed E-state index contributed by atoms with van der Waals surface area (Å²) in [6.07, 6.45) is 0.657. The number of aryl methyl sites for hydroxylation is 2. The highest BCUT2D eigenvalue weighted by Gasteiger charge is 2.21. The van der Waals surface area contributed by atoms with Crippen LogP contribution in [0.25, 0.3) is 33.7 Å². The lowest BCUT2D eigenvalue weighted by Gasteiger charge is -2.12. The smallest absolute Gasteiger partial charge is 0.333 e. The molecule has 0 fully saturated rings. The number of aromatic nitrogens is 8. The van der Waals surface area contributed by atoms with Crippen LogP contribution in [0.2, 0.25) is 0 Å². The number of aromatic amines is 1. The van der Waals surface area contributed by atoms with Crippen LogP contribution in [0.1, 0.15) is 24.7 Å². The first-order chi connectivity index (χ1) is 18.4. The zero-order chi connectivity index (χ0) is 26.8. The largest absolute Gasteiger partial charge is 0.468 e. The van der Waals surface area contributed by atoms with Gasteiger partial charge in [0, 0.05) is 18.7 Å². The number of H-pyrrole nitrogens is 1. The van der Waals surface area contributed by atoms with E-state index in [1.807, 2.05) is 55.5 Å². The lowest BCUT2D eigenvalue weighted by atomic mass is 9.98. The van der Waals surface area contributed by atoms with Crippen LogP contribution in [-0.4, -0.2) is 52.4 Å². The lowest BCUT2D eigenvalue weighted by molar-refractivity contribution is -0.141. The molecule has 0 unspecified atom stereocenters. The molecule has 0 bridgehead atoms. The summed E-state index contributed by atoms with van der Waals surface area (Å²) in [6.45, 7) is 3.97. The summed E-state index contributed by atoms with van der Waals surface area (Å²) in [5.74, 6) is 0.418. The molecule has 12 nitrogen and oxygen atoms in total. The van der Waals surface area contributed by atoms with Crippen molar-refractivity contribution >= 4 is 17.1 Å². The van der Waals surface area contributed by atoms with Crippen molar-refractivity contribution in [3.05, 3.63) is 80.8 Å². The predicted molar refractivity (Wildman–Crippen MR) is 139 cm³/mol. The Labute approximate surface area is 216 Å². The van der Waals surface area contributed by atoms with Gasteiger partial charge >= 0.3 is 11.7 Å². The highest BCUT2D eigenvalue weighted by molar-refractivity contribution is 5.80. The molecule has 0 saturated heterocycles. The molecule has 0 saturated carbocycles. The zero-order valence-corrected chi connectivity index (χ0v) is 21.2. The molecule has 0 amide bonds. The number of ether oxygens (including phenoxy) is 1. The van der Waals surface area contributed by atoms with Gasteiger partial charge in [0.15, 0.2) is 11.2 Å². The molecule has 3 heterocycles. The van der Waals surface area contributed by atoms with Gasteiger partial charge in [0.2, 0.25) is 5.82 Å². The summed E-state index contributed by atoms with van der Waals surface area (Å²) in [4.78, 5) is 43.0. The van der Waals surface area contributed by atoms with Gasteiger partial charge in [-0.1, -0.05) is 55.5 Å². The maximum atomic E-state index is 13.4. The first-order valence-electron chi connectivity index (χ1n) is 12.1. The molecule has 2 aromatic carbocycles. The Bertz CT molecular complexity index is 1730. The number of tetrazole rings is 1. The number of rotatable bonds is 8. The van der Waals surface area contributed by atoms with Crippen molar-refractivity contribution in [1.82, 2.24) is 39.3 Å². The summed E-state index contributed by atoms with van der Waals surface area (Å²) < 4.78 is 8.84. The summed E-state index contributed by atoms with van der Waals surface area (Å²) in [5, 5.41) is 14.3. The van der Waals surface area contributed by atoms with Crippen molar-refractivity contribution < 1.29 is 9.53 Å². The topological polar surface area (TPSA) is 143 Å². The van der Waals surface area contributed by atoms with E-state index in [1.54, 1.807) is 11.5 Å². The van der Waals surface area contributed by atoms with E-state index in [0.29, 0.717) is 36.8 Å². The Morgan fingerprint density at radius 3 is 2.39 bits per heavy atom. The van der Waals surface area contributed by atoms with Gasteiger partial charge in [-0.2, -0.15) is 5.21 Å². The van der Waals surface area contributed by atoms with E-state index in [2.05, 4.69) is 25.6 Å². The number of esters is 1. The van der Waals surface area contributed by atoms with E-state index >= 15 is 0 Å². The van der Waals surface area contributed by atoms with Gasteiger partial charge in [-0.15, -0.1) is 10.2 Å². The molecule has 38 heavy (non-hydrogen) atoms. The van der Waals surface area contributed by atoms with E-state index in [-0.39, 0.29) is 5.52 Å². The summed E-state index contributed by atoms with van der Waals surface area (Å²) >= 11 is 0. The van der Waals surface area contributed by atoms with Crippen molar-refractivity contribution in [1.29, 1.82) is 0 Å². The number of benzene rings is 2. The highest BCUT2D eigenvalue weighted by atomic mass is 16.5. The lowest BCUT2D eigenvalue weighted by Crippen LogP contribution is -2.42. The van der Waals surface area contributed by atoms with Crippen LogP contribution in [0, 0.1) is 6.92 Å². The number of hydrogen-bond acceptors (Lipinski definition) is 8. The number of nitrogens with zero attached hydrogens (tertiary/aromatic N) is 7. The maximum absolute atomic E-state index is 13.4. The SMILES string of the molecule is CCCn1c(=O)n(CC(=O)OC)c(=O)c2c1nc(C)n2Cc1ccc(-c2ccccc2-c2nn[nH]n2)cc1. The maximum Gasteiger partial charge on any atom is 0.333 e. The number of imidazole rings is 1. The van der Waals surface area contributed by atoms with Gasteiger partial charge in [-0.3, -0.25) is 14.2 Å². The van der Waals surface area contributed by atoms with Crippen molar-refractivity contribution in [2.24, 2.45) is 0 Å². The minimum atomic E-state index is -0.675. The number of fused-ring (bicyclic) bond motifs is 1. The van der Waals surface area contributed by atoms with Crippen LogP contribution in [0.15, 0.2) is 58.1 Å². The molecule has 0 radical (unpaired) electrons. The van der Waals surface area contributed by atoms with Crippen LogP contribution in [-0.2, 0) is 29.2 Å². The predicted octanol–water partition coefficient (Wildman–Crippen LogP) is 2.15. The fraction of sp³-hybridized carbons (Fsp3) is 0.269. The third-order valence-corrected chi connectivity index (χ3v) is 6.39. The van der Waals surface area contributed by atoms with Crippen molar-refractivity contribution in [2.75, 3.05) is 7.11 Å². The van der Waals surface area contributed by atoms with Crippen LogP contribution in [0.3, 0.4) is 0 Å². The highest BCUT2D eigenvalue weighted by Crippen LogP contribution is 2.30. The molecule has 0 aliphatic rings. The standard InChI is InChI=1S/C26H26N8O4/c1-4-13-32-24-22(25(36)34(26(32)37)15-21(35)38-3)33(16(2)27-24)14-17-9-11-18(12-10-17)19-7-5-6-8-20(19)23-28-30-31-29-23/h5-12H,4,13-15H2,1-3H3,(H,28,29,30,31). The normalized spacial score (nSPS) is 11.2. The summed E-state index contributed by atoms with van der Waals surface area (Å²) in [6, 6.07) is 15.7. The number of carbonyl (C=O) groups is 1. The second-order valence-electron chi connectivity index (χ2n) is 8.80. The number of carbonyl (C=O) groups excluding carboxylic acids is 1. The number of hydrogen-bond donors (Lipinski definition) is 1. The molecule has 0 aliphatic heterocycles. The second-order valence-corrected chi connectivity index (χ2v) is 8.80. The van der Waals surface area contributed by atoms with Gasteiger partial charge in [-0.25, -0.2) is 14.3 Å². The van der Waals surface area contributed by atoms with Crippen LogP contribution < -0.4 is 11.2 Å². The Morgan fingerprint density at radius 1 is 1.00 bits per heavy atom. The quantitative estimate of drug-likeness (QED) is 0.310. The number of nitrogens with one attached hydrogen (secondary N) is 1. The van der Waals surface area contributed by atoms with Gasteiger partial charge < -0.3 is 9.30 Å². The average molecular weight is 515 g/mol. The average Bonchev–Trinajstić information content (AvgIpc) is 3.58. The molecule has 194 valence electrons. The third-order valence-electron chi connectivity index (χ3n) is 6.39. The molecule has 5 aromatic rings. The van der Waals surface area contributed by atoms with Crippen LogP contribution >= 0.6 is 0 Å². The molecular formula is C26H26N8O4. The Kier molecular flexibility index (Phi) is 6.69. The van der Waals surface area contributed by atoms with Gasteiger partial charge in [0.05, 0.1) is 7.11 Å². The molecule has 3 aromatic heterocycles. The fourth-order valence-electron chi connectivity index (χ4n) is 4.53. The molecule has 5 rings (SSSR count). The van der Waals surface area contributed by atoms with Crippen LogP contribution in [0.5, 0.6) is 0 Å². The van der Waals surface area contributed by atoms with Crippen molar-refractivity contribution in [2.45, 2.75) is 39.9 Å². The molecule has 0 atom stereocenters. The molecule has 1 N–H and O–H groups in total. The Hall–Kier alpha value is -4.87. The molecule has 0 aliphatic carbocycles. The zero-order valence-electron chi connectivity index (χ0n) is 21.2. The van der Waals surface area contributed by atoms with Crippen molar-refractivity contribution in [3.63, 3.8) is 0 Å². The van der Waals surface area contributed by atoms with Gasteiger partial charge in [0.25, 0.3) is 5.56 Å². The Balaban J connectivity index is 1.56. The van der Waals surface area contributed by atoms with Crippen molar-refractivity contribution in [3.8, 4) is 22.5 Å². The Morgan fingerprint density at radius 2 is 1.74 bits per heavy atom. The fourth-order valence-corrected chi connectivity index (χ4v) is 4.53. The summed E-state index contributed by atoms with van der Waals surface area (Å²) in [5.41, 5.74) is 3.14. The van der Waals surface area contributed by atoms with Gasteiger partial charge in [-0.05, 0) is 35.2 Å². The van der Waals surface area contributed by atoms with Gasteiger partial charge in [0.1, 0.15) is 12.4 Å². The number of methoxy groups -OCH3 is 1.